The summed E-state index contributed by atoms with van der Waals surface area (Å²) in [7, 11) is 0. The van der Waals surface area contributed by atoms with Gasteiger partial charge in [0, 0.05) is 24.2 Å². The van der Waals surface area contributed by atoms with E-state index in [1.54, 1.807) is 18.5 Å². The van der Waals surface area contributed by atoms with E-state index in [1.165, 1.54) is 6.92 Å². The van der Waals surface area contributed by atoms with Crippen LogP contribution in [-0.4, -0.2) is 57.3 Å². The summed E-state index contributed by atoms with van der Waals surface area (Å²) in [5, 5.41) is 31.5. The standard InChI is InChI=1S/C18H21NO6/c1-10(21)7-12-16(22)17(23)15(9-20)25-18(12)24-14-4-2-3-11-5-6-19-8-13(11)14/h2-6,8,12,15-18,20,22-23H,7,9H2,1H3/t12-,15+,16+,17-,18+/m0/s1. The van der Waals surface area contributed by atoms with E-state index in [4.69, 9.17) is 9.47 Å². The summed E-state index contributed by atoms with van der Waals surface area (Å²) in [5.41, 5.74) is 0. The maximum atomic E-state index is 11.6. The molecule has 0 bridgehead atoms. The minimum atomic E-state index is -1.29. The lowest BCUT2D eigenvalue weighted by Crippen LogP contribution is -2.57. The number of Topliss-reactive ketones (excluding diaryl/α,β-unsaturated/α-hetero) is 1. The monoisotopic (exact) mass is 347 g/mol. The molecule has 3 N–H and O–H groups in total. The lowest BCUT2D eigenvalue weighted by molar-refractivity contribution is -0.260. The van der Waals surface area contributed by atoms with E-state index in [0.717, 1.165) is 10.8 Å². The molecule has 7 heteroatoms. The maximum Gasteiger partial charge on any atom is 0.206 e. The summed E-state index contributed by atoms with van der Waals surface area (Å²) >= 11 is 0. The molecule has 0 saturated carbocycles. The Bertz CT molecular complexity index is 746. The molecule has 1 saturated heterocycles. The Kier molecular flexibility index (Phi) is 5.29. The summed E-state index contributed by atoms with van der Waals surface area (Å²) < 4.78 is 11.6. The lowest BCUT2D eigenvalue weighted by atomic mass is 9.87. The van der Waals surface area contributed by atoms with Crippen molar-refractivity contribution in [3.8, 4) is 5.75 Å². The molecule has 134 valence electrons. The highest BCUT2D eigenvalue weighted by molar-refractivity contribution is 5.87. The Balaban J connectivity index is 1.92. The third kappa shape index (κ3) is 3.64. The van der Waals surface area contributed by atoms with Crippen molar-refractivity contribution in [2.24, 2.45) is 5.92 Å². The molecule has 0 unspecified atom stereocenters. The van der Waals surface area contributed by atoms with Gasteiger partial charge in [0.2, 0.25) is 6.29 Å². The van der Waals surface area contributed by atoms with Crippen LogP contribution < -0.4 is 4.74 Å². The van der Waals surface area contributed by atoms with E-state index in [1.807, 2.05) is 18.2 Å². The van der Waals surface area contributed by atoms with Gasteiger partial charge in [0.25, 0.3) is 0 Å². The van der Waals surface area contributed by atoms with Crippen LogP contribution in [0.15, 0.2) is 36.7 Å². The molecule has 25 heavy (non-hydrogen) atoms. The number of ketones is 1. The molecule has 0 aliphatic carbocycles. The highest BCUT2D eigenvalue weighted by atomic mass is 16.7. The van der Waals surface area contributed by atoms with Gasteiger partial charge < -0.3 is 29.6 Å². The van der Waals surface area contributed by atoms with Crippen molar-refractivity contribution in [3.05, 3.63) is 36.7 Å². The van der Waals surface area contributed by atoms with Gasteiger partial charge in [-0.2, -0.15) is 0 Å². The Morgan fingerprint density at radius 1 is 1.28 bits per heavy atom. The van der Waals surface area contributed by atoms with Crippen LogP contribution in [0.4, 0.5) is 0 Å². The number of aliphatic hydroxyl groups is 3. The fourth-order valence-corrected chi connectivity index (χ4v) is 3.12. The summed E-state index contributed by atoms with van der Waals surface area (Å²) in [5.74, 6) is -0.415. The second-order valence-corrected chi connectivity index (χ2v) is 6.25. The summed E-state index contributed by atoms with van der Waals surface area (Å²) in [4.78, 5) is 15.7. The van der Waals surface area contributed by atoms with Gasteiger partial charge in [0.1, 0.15) is 23.7 Å². The predicted molar refractivity (Wildman–Crippen MR) is 88.9 cm³/mol. The number of carbonyl (C=O) groups is 1. The number of fused-ring (bicyclic) bond motifs is 1. The average Bonchev–Trinajstić information content (AvgIpc) is 2.61. The maximum absolute atomic E-state index is 11.6. The number of benzene rings is 1. The van der Waals surface area contributed by atoms with Gasteiger partial charge in [0.05, 0.1) is 18.6 Å². The van der Waals surface area contributed by atoms with Crippen molar-refractivity contribution in [2.45, 2.75) is 37.9 Å². The molecule has 2 heterocycles. The van der Waals surface area contributed by atoms with Crippen molar-refractivity contribution in [1.29, 1.82) is 0 Å². The lowest BCUT2D eigenvalue weighted by Gasteiger charge is -2.41. The molecule has 2 aromatic rings. The molecule has 0 spiro atoms. The van der Waals surface area contributed by atoms with E-state index < -0.39 is 37.1 Å². The van der Waals surface area contributed by atoms with Gasteiger partial charge in [-0.15, -0.1) is 0 Å². The predicted octanol–water partition coefficient (Wildman–Crippen LogP) is 0.648. The van der Waals surface area contributed by atoms with Gasteiger partial charge in [-0.1, -0.05) is 12.1 Å². The Labute approximate surface area is 144 Å². The zero-order chi connectivity index (χ0) is 18.0. The van der Waals surface area contributed by atoms with E-state index in [2.05, 4.69) is 4.98 Å². The topological polar surface area (TPSA) is 109 Å². The van der Waals surface area contributed by atoms with Crippen molar-refractivity contribution in [1.82, 2.24) is 4.98 Å². The Hall–Kier alpha value is -2.06. The number of hydrogen-bond acceptors (Lipinski definition) is 7. The third-order valence-electron chi connectivity index (χ3n) is 4.42. The van der Waals surface area contributed by atoms with Crippen LogP contribution in [-0.2, 0) is 9.53 Å². The van der Waals surface area contributed by atoms with Crippen molar-refractivity contribution < 1.29 is 29.6 Å². The van der Waals surface area contributed by atoms with Crippen LogP contribution in [0.1, 0.15) is 13.3 Å². The first-order valence-corrected chi connectivity index (χ1v) is 8.12. The second kappa shape index (κ2) is 7.45. The van der Waals surface area contributed by atoms with Crippen LogP contribution >= 0.6 is 0 Å². The molecule has 5 atom stereocenters. The third-order valence-corrected chi connectivity index (χ3v) is 4.42. The molecule has 1 aliphatic heterocycles. The van der Waals surface area contributed by atoms with E-state index >= 15 is 0 Å². The van der Waals surface area contributed by atoms with Gasteiger partial charge in [-0.25, -0.2) is 0 Å². The number of aromatic nitrogens is 1. The molecule has 1 aromatic heterocycles. The average molecular weight is 347 g/mol. The molecule has 1 fully saturated rings. The first-order valence-electron chi connectivity index (χ1n) is 8.12. The number of ether oxygens (including phenoxy) is 2. The highest BCUT2D eigenvalue weighted by Gasteiger charge is 2.45. The first-order chi connectivity index (χ1) is 12.0. The van der Waals surface area contributed by atoms with Crippen LogP contribution in [0.3, 0.4) is 0 Å². The molecule has 1 aromatic carbocycles. The zero-order valence-corrected chi connectivity index (χ0v) is 13.8. The minimum absolute atomic E-state index is 0.00986. The minimum Gasteiger partial charge on any atom is -0.464 e. The molecular weight excluding hydrogens is 326 g/mol. The second-order valence-electron chi connectivity index (χ2n) is 6.25. The Morgan fingerprint density at radius 2 is 2.08 bits per heavy atom. The van der Waals surface area contributed by atoms with Gasteiger partial charge in [-0.05, 0) is 24.4 Å². The van der Waals surface area contributed by atoms with Crippen LogP contribution in [0.5, 0.6) is 5.75 Å². The number of aliphatic hydroxyl groups excluding tert-OH is 3. The van der Waals surface area contributed by atoms with Gasteiger partial charge >= 0.3 is 0 Å². The molecule has 3 rings (SSSR count). The highest BCUT2D eigenvalue weighted by Crippen LogP contribution is 2.33. The Morgan fingerprint density at radius 3 is 2.80 bits per heavy atom. The van der Waals surface area contributed by atoms with Gasteiger partial charge in [-0.3, -0.25) is 4.98 Å². The summed E-state index contributed by atoms with van der Waals surface area (Å²) in [6, 6.07) is 7.30. The number of nitrogens with zero attached hydrogens (tertiary/aromatic N) is 1. The van der Waals surface area contributed by atoms with Crippen molar-refractivity contribution in [3.63, 3.8) is 0 Å². The van der Waals surface area contributed by atoms with Crippen molar-refractivity contribution in [2.75, 3.05) is 6.61 Å². The number of rotatable bonds is 5. The normalized spacial score (nSPS) is 29.5. The fraction of sp³-hybridized carbons (Fsp3) is 0.444. The first kappa shape index (κ1) is 17.8. The quantitative estimate of drug-likeness (QED) is 0.728. The molecule has 7 nitrogen and oxygen atoms in total. The summed E-state index contributed by atoms with van der Waals surface area (Å²) in [6.45, 7) is 0.929. The molecular formula is C18H21NO6. The van der Waals surface area contributed by atoms with E-state index in [9.17, 15) is 20.1 Å². The zero-order valence-electron chi connectivity index (χ0n) is 13.8. The molecule has 0 amide bonds. The van der Waals surface area contributed by atoms with Crippen molar-refractivity contribution >= 4 is 16.6 Å². The smallest absolute Gasteiger partial charge is 0.206 e. The van der Waals surface area contributed by atoms with Crippen LogP contribution in [0, 0.1) is 5.92 Å². The largest absolute Gasteiger partial charge is 0.464 e. The van der Waals surface area contributed by atoms with Crippen LogP contribution in [0.25, 0.3) is 10.8 Å². The fourth-order valence-electron chi connectivity index (χ4n) is 3.12. The van der Waals surface area contributed by atoms with E-state index in [-0.39, 0.29) is 12.2 Å². The number of carbonyl (C=O) groups excluding carboxylic acids is 1. The SMILES string of the molecule is CC(=O)C[C@@H]1[C@H](Oc2cccc3ccncc23)O[C@H](CO)[C@H](O)[C@@H]1O. The number of pyridine rings is 1. The number of hydrogen-bond donors (Lipinski definition) is 3. The van der Waals surface area contributed by atoms with Gasteiger partial charge in [0.15, 0.2) is 0 Å². The summed E-state index contributed by atoms with van der Waals surface area (Å²) in [6.07, 6.45) is -1.19. The van der Waals surface area contributed by atoms with Crippen LogP contribution in [0.2, 0.25) is 0 Å². The molecule has 1 aliphatic rings. The molecule has 0 radical (unpaired) electrons. The van der Waals surface area contributed by atoms with E-state index in [0.29, 0.717) is 5.75 Å².